The summed E-state index contributed by atoms with van der Waals surface area (Å²) in [4.78, 5) is 22.7. The van der Waals surface area contributed by atoms with Gasteiger partial charge in [0.1, 0.15) is 11.5 Å². The minimum absolute atomic E-state index is 0.0440. The summed E-state index contributed by atoms with van der Waals surface area (Å²) in [5, 5.41) is 12.9. The first-order valence-corrected chi connectivity index (χ1v) is 16.9. The number of nitrogens with one attached hydrogen (secondary N) is 2. The van der Waals surface area contributed by atoms with Gasteiger partial charge in [-0.25, -0.2) is 10.4 Å². The van der Waals surface area contributed by atoms with Crippen LogP contribution in [0.2, 0.25) is 0 Å². The Balaban J connectivity index is 1.52. The van der Waals surface area contributed by atoms with E-state index in [1.54, 1.807) is 12.1 Å². The lowest BCUT2D eigenvalue weighted by Crippen LogP contribution is -2.54. The summed E-state index contributed by atoms with van der Waals surface area (Å²) in [7, 11) is 0. The maximum absolute atomic E-state index is 14.6. The Hall–Kier alpha value is -4.87. The highest BCUT2D eigenvalue weighted by Gasteiger charge is 2.54. The van der Waals surface area contributed by atoms with E-state index in [0.29, 0.717) is 55.4 Å². The van der Waals surface area contributed by atoms with Gasteiger partial charge < -0.3 is 19.3 Å². The Kier molecular flexibility index (Phi) is 12.7. The van der Waals surface area contributed by atoms with Gasteiger partial charge in [-0.15, -0.1) is 0 Å². The molecule has 0 aromatic heterocycles. The molecule has 0 unspecified atom stereocenters. The second-order valence-electron chi connectivity index (χ2n) is 11.3. The summed E-state index contributed by atoms with van der Waals surface area (Å²) in [5.41, 5.74) is 17.7. The zero-order chi connectivity index (χ0) is 34.5. The lowest BCUT2D eigenvalue weighted by Gasteiger charge is -2.32. The SMILES string of the molecule is CCOc1ccccc1CCNNC(=O)[C@@]1(Cc2ccccc2Br)N=C(c2ccc(OCCCO)cc2)O[C@H]1c1ccccc1CN=[N+]=[N-]. The standard InChI is InChI=1S/C37H39BrN6O5/c1-2-47-33-15-8-5-10-26(33)20-21-40-43-36(46)37(24-28-11-4-7-14-32(28)38)34(31-13-6-3-12-29(31)25-41-44-39)49-35(42-37)27-16-18-30(19-17-27)48-23-9-22-45/h3-8,10-19,34,40,45H,2,9,20-25H2,1H3,(H,43,46)/t34-,37-/m0/s1. The number of halogens is 1. The smallest absolute Gasteiger partial charge is 0.266 e. The number of carbonyl (C=O) groups is 1. The maximum Gasteiger partial charge on any atom is 0.266 e. The molecule has 0 saturated heterocycles. The normalized spacial score (nSPS) is 16.6. The Morgan fingerprint density at radius 2 is 1.71 bits per heavy atom. The molecular weight excluding hydrogens is 688 g/mol. The fourth-order valence-electron chi connectivity index (χ4n) is 5.69. The van der Waals surface area contributed by atoms with Crippen LogP contribution in [0.5, 0.6) is 11.5 Å². The Bertz CT molecular complexity index is 1800. The van der Waals surface area contributed by atoms with Crippen molar-refractivity contribution in [3.05, 3.63) is 140 Å². The monoisotopic (exact) mass is 726 g/mol. The van der Waals surface area contributed by atoms with Crippen molar-refractivity contribution < 1.29 is 24.1 Å². The highest BCUT2D eigenvalue weighted by atomic mass is 79.9. The van der Waals surface area contributed by atoms with Gasteiger partial charge in [-0.3, -0.25) is 10.2 Å². The summed E-state index contributed by atoms with van der Waals surface area (Å²) in [6.45, 7) is 3.45. The lowest BCUT2D eigenvalue weighted by atomic mass is 9.80. The second kappa shape index (κ2) is 17.5. The number of aliphatic hydroxyl groups excluding tert-OH is 1. The molecule has 0 radical (unpaired) electrons. The molecule has 0 fully saturated rings. The van der Waals surface area contributed by atoms with Crippen molar-refractivity contribution >= 4 is 27.7 Å². The molecule has 1 heterocycles. The average molecular weight is 728 g/mol. The number of hydrogen-bond donors (Lipinski definition) is 3. The molecule has 4 aromatic carbocycles. The minimum Gasteiger partial charge on any atom is -0.494 e. The maximum atomic E-state index is 14.6. The molecular formula is C37H39BrN6O5. The first-order valence-electron chi connectivity index (χ1n) is 16.2. The van der Waals surface area contributed by atoms with Crippen LogP contribution in [0.25, 0.3) is 10.4 Å². The van der Waals surface area contributed by atoms with Crippen molar-refractivity contribution in [3.8, 4) is 11.5 Å². The zero-order valence-corrected chi connectivity index (χ0v) is 28.8. The molecule has 4 aromatic rings. The summed E-state index contributed by atoms with van der Waals surface area (Å²) in [6.07, 6.45) is 0.459. The number of azide groups is 1. The Morgan fingerprint density at radius 3 is 2.45 bits per heavy atom. The molecule has 254 valence electrons. The molecule has 1 aliphatic heterocycles. The van der Waals surface area contributed by atoms with Crippen LogP contribution in [0, 0.1) is 0 Å². The first-order chi connectivity index (χ1) is 24.0. The van der Waals surface area contributed by atoms with Gasteiger partial charge in [-0.1, -0.05) is 81.7 Å². The van der Waals surface area contributed by atoms with E-state index >= 15 is 0 Å². The molecule has 1 aliphatic rings. The fraction of sp³-hybridized carbons (Fsp3) is 0.297. The number of hydrogen-bond acceptors (Lipinski definition) is 8. The minimum atomic E-state index is -1.47. The van der Waals surface area contributed by atoms with Gasteiger partial charge in [0.05, 0.1) is 19.8 Å². The van der Waals surface area contributed by atoms with E-state index in [1.807, 2.05) is 91.9 Å². The van der Waals surface area contributed by atoms with E-state index in [2.05, 4.69) is 36.8 Å². The topological polar surface area (TPSA) is 150 Å². The fourth-order valence-corrected chi connectivity index (χ4v) is 6.11. The molecule has 0 saturated carbocycles. The third kappa shape index (κ3) is 8.79. The molecule has 3 N–H and O–H groups in total. The number of benzene rings is 4. The first kappa shape index (κ1) is 35.4. The van der Waals surface area contributed by atoms with Crippen molar-refractivity contribution in [2.45, 2.75) is 44.4 Å². The van der Waals surface area contributed by atoms with Crippen LogP contribution in [0.15, 0.2) is 112 Å². The average Bonchev–Trinajstić information content (AvgIpc) is 3.51. The number of para-hydroxylation sites is 1. The predicted molar refractivity (Wildman–Crippen MR) is 191 cm³/mol. The van der Waals surface area contributed by atoms with Gasteiger partial charge in [0.25, 0.3) is 5.91 Å². The molecule has 12 heteroatoms. The van der Waals surface area contributed by atoms with E-state index < -0.39 is 11.6 Å². The van der Waals surface area contributed by atoms with Crippen LogP contribution in [0.4, 0.5) is 0 Å². The van der Waals surface area contributed by atoms with Gasteiger partial charge in [0.15, 0.2) is 11.6 Å². The van der Waals surface area contributed by atoms with E-state index in [0.717, 1.165) is 26.9 Å². The number of aliphatic imine (C=N–C) groups is 1. The molecule has 0 aliphatic carbocycles. The van der Waals surface area contributed by atoms with Gasteiger partial charge >= 0.3 is 0 Å². The van der Waals surface area contributed by atoms with E-state index in [1.165, 1.54) is 0 Å². The van der Waals surface area contributed by atoms with Crippen molar-refractivity contribution in [3.63, 3.8) is 0 Å². The number of hydrazine groups is 1. The van der Waals surface area contributed by atoms with Crippen molar-refractivity contribution in [1.82, 2.24) is 10.9 Å². The predicted octanol–water partition coefficient (Wildman–Crippen LogP) is 6.78. The largest absolute Gasteiger partial charge is 0.494 e. The highest BCUT2D eigenvalue weighted by molar-refractivity contribution is 9.10. The number of nitrogens with zero attached hydrogens (tertiary/aromatic N) is 4. The highest BCUT2D eigenvalue weighted by Crippen LogP contribution is 2.44. The van der Waals surface area contributed by atoms with E-state index in [-0.39, 0.29) is 25.5 Å². The van der Waals surface area contributed by atoms with Crippen molar-refractivity contribution in [2.75, 3.05) is 26.4 Å². The lowest BCUT2D eigenvalue weighted by molar-refractivity contribution is -0.130. The molecule has 5 rings (SSSR count). The summed E-state index contributed by atoms with van der Waals surface area (Å²) < 4.78 is 19.0. The third-order valence-corrected chi connectivity index (χ3v) is 8.86. The number of carbonyl (C=O) groups excluding carboxylic acids is 1. The van der Waals surface area contributed by atoms with Crippen LogP contribution in [0.1, 0.15) is 47.3 Å². The number of amides is 1. The summed E-state index contributed by atoms with van der Waals surface area (Å²) in [5.74, 6) is 1.35. The molecule has 2 atom stereocenters. The van der Waals surface area contributed by atoms with Crippen LogP contribution >= 0.6 is 15.9 Å². The number of aliphatic hydroxyl groups is 1. The molecule has 49 heavy (non-hydrogen) atoms. The Morgan fingerprint density at radius 1 is 1.00 bits per heavy atom. The Labute approximate surface area is 294 Å². The van der Waals surface area contributed by atoms with Gasteiger partial charge in [0.2, 0.25) is 5.90 Å². The summed E-state index contributed by atoms with van der Waals surface area (Å²) in [6, 6.07) is 30.3. The molecule has 0 spiro atoms. The van der Waals surface area contributed by atoms with Gasteiger partial charge in [-0.05, 0) is 77.5 Å². The molecule has 1 amide bonds. The quantitative estimate of drug-likeness (QED) is 0.0359. The van der Waals surface area contributed by atoms with Crippen molar-refractivity contribution in [1.29, 1.82) is 0 Å². The van der Waals surface area contributed by atoms with E-state index in [9.17, 15) is 4.79 Å². The number of ether oxygens (including phenoxy) is 3. The zero-order valence-electron chi connectivity index (χ0n) is 27.2. The molecule has 11 nitrogen and oxygen atoms in total. The van der Waals surface area contributed by atoms with E-state index in [4.69, 9.17) is 29.8 Å². The second-order valence-corrected chi connectivity index (χ2v) is 12.2. The van der Waals surface area contributed by atoms with Gasteiger partial charge in [-0.2, -0.15) is 0 Å². The van der Waals surface area contributed by atoms with Crippen molar-refractivity contribution in [2.24, 2.45) is 10.1 Å². The van der Waals surface area contributed by atoms with Crippen LogP contribution in [-0.2, 0) is 28.9 Å². The number of rotatable bonds is 17. The van der Waals surface area contributed by atoms with Crippen LogP contribution < -0.4 is 20.3 Å². The van der Waals surface area contributed by atoms with Crippen LogP contribution in [0.3, 0.4) is 0 Å². The van der Waals surface area contributed by atoms with Crippen LogP contribution in [-0.4, -0.2) is 48.8 Å². The summed E-state index contributed by atoms with van der Waals surface area (Å²) >= 11 is 3.67. The van der Waals surface area contributed by atoms with Gasteiger partial charge in [0, 0.05) is 40.9 Å². The third-order valence-electron chi connectivity index (χ3n) is 8.08. The molecule has 0 bridgehead atoms.